The zero-order valence-electron chi connectivity index (χ0n) is 11.4. The Morgan fingerprint density at radius 2 is 1.78 bits per heavy atom. The van der Waals surface area contributed by atoms with Gasteiger partial charge in [0, 0.05) is 16.7 Å². The lowest BCUT2D eigenvalue weighted by atomic mass is 9.91. The number of pyridine rings is 1. The summed E-state index contributed by atoms with van der Waals surface area (Å²) in [7, 11) is 0. The van der Waals surface area contributed by atoms with E-state index >= 15 is 0 Å². The molecular formula is C15H9FN2O5. The number of terminal acetylenes is 1. The fraction of sp³-hybridized carbons (Fsp3) is 0. The number of aromatic amines is 1. The number of halogens is 1. The predicted octanol–water partition coefficient (Wildman–Crippen LogP) is 1.14. The van der Waals surface area contributed by atoms with E-state index in [1.54, 1.807) is 0 Å². The Kier molecular flexibility index (Phi) is 3.88. The summed E-state index contributed by atoms with van der Waals surface area (Å²) in [6, 6.07) is 3.52. The molecule has 5 N–H and O–H groups in total. The third kappa shape index (κ3) is 2.51. The summed E-state index contributed by atoms with van der Waals surface area (Å²) in [5.41, 5.74) is 1.33. The second kappa shape index (κ2) is 5.65. The number of nitrogen functional groups attached to an aromatic ring is 1. The van der Waals surface area contributed by atoms with Crippen LogP contribution in [0.15, 0.2) is 23.0 Å². The molecule has 1 aromatic heterocycles. The number of nitrogens with one attached hydrogen (secondary N) is 1. The lowest BCUT2D eigenvalue weighted by Gasteiger charge is -2.14. The Hall–Kier alpha value is -3.60. The number of anilines is 1. The third-order valence-electron chi connectivity index (χ3n) is 3.09. The highest BCUT2D eigenvalue weighted by molar-refractivity contribution is 6.08. The van der Waals surface area contributed by atoms with Crippen LogP contribution in [0.3, 0.4) is 0 Å². The van der Waals surface area contributed by atoms with Gasteiger partial charge in [-0.05, 0) is 12.1 Å². The van der Waals surface area contributed by atoms with Crippen molar-refractivity contribution < 1.29 is 24.2 Å². The smallest absolute Gasteiger partial charge is 0.342 e. The second-order valence-electron chi connectivity index (χ2n) is 4.41. The van der Waals surface area contributed by atoms with Crippen LogP contribution in [-0.2, 0) is 0 Å². The topological polar surface area (TPSA) is 133 Å². The van der Waals surface area contributed by atoms with Crippen LogP contribution in [0, 0.1) is 18.2 Å². The van der Waals surface area contributed by atoms with E-state index in [0.717, 1.165) is 6.07 Å². The first-order valence-corrected chi connectivity index (χ1v) is 6.07. The minimum Gasteiger partial charge on any atom is -0.478 e. The molecule has 1 aromatic carbocycles. The van der Waals surface area contributed by atoms with Crippen molar-refractivity contribution in [1.82, 2.24) is 4.98 Å². The molecule has 0 spiro atoms. The Bertz CT molecular complexity index is 940. The van der Waals surface area contributed by atoms with E-state index in [-0.39, 0.29) is 5.56 Å². The molecule has 0 saturated carbocycles. The van der Waals surface area contributed by atoms with Gasteiger partial charge in [-0.2, -0.15) is 0 Å². The number of benzene rings is 1. The molecule has 8 heteroatoms. The number of nitrogens with two attached hydrogens (primary N) is 1. The summed E-state index contributed by atoms with van der Waals surface area (Å²) >= 11 is 0. The zero-order valence-corrected chi connectivity index (χ0v) is 11.4. The highest BCUT2D eigenvalue weighted by atomic mass is 19.1. The van der Waals surface area contributed by atoms with Crippen molar-refractivity contribution in [2.24, 2.45) is 0 Å². The molecule has 0 aliphatic heterocycles. The van der Waals surface area contributed by atoms with Crippen molar-refractivity contribution in [3.63, 3.8) is 0 Å². The van der Waals surface area contributed by atoms with Gasteiger partial charge in [0.25, 0.3) is 5.56 Å². The van der Waals surface area contributed by atoms with Crippen molar-refractivity contribution in [2.75, 3.05) is 5.73 Å². The van der Waals surface area contributed by atoms with Crippen LogP contribution >= 0.6 is 0 Å². The summed E-state index contributed by atoms with van der Waals surface area (Å²) in [6.45, 7) is 0. The van der Waals surface area contributed by atoms with Gasteiger partial charge < -0.3 is 20.9 Å². The van der Waals surface area contributed by atoms with Gasteiger partial charge in [-0.15, -0.1) is 6.42 Å². The fourth-order valence-corrected chi connectivity index (χ4v) is 2.20. The Morgan fingerprint density at radius 3 is 2.30 bits per heavy atom. The van der Waals surface area contributed by atoms with Crippen LogP contribution in [0.2, 0.25) is 0 Å². The summed E-state index contributed by atoms with van der Waals surface area (Å²) in [5.74, 6) is -2.83. The first-order chi connectivity index (χ1) is 10.8. The Morgan fingerprint density at radius 1 is 1.17 bits per heavy atom. The normalized spacial score (nSPS) is 10.1. The van der Waals surface area contributed by atoms with Crippen molar-refractivity contribution in [3.05, 3.63) is 51.1 Å². The molecule has 116 valence electrons. The molecule has 0 aliphatic carbocycles. The van der Waals surface area contributed by atoms with Crippen LogP contribution in [0.4, 0.5) is 10.2 Å². The third-order valence-corrected chi connectivity index (χ3v) is 3.09. The molecule has 2 rings (SSSR count). The average Bonchev–Trinajstić information content (AvgIpc) is 2.44. The molecule has 0 fully saturated rings. The second-order valence-corrected chi connectivity index (χ2v) is 4.41. The lowest BCUT2D eigenvalue weighted by molar-refractivity contribution is 0.0695. The highest BCUT2D eigenvalue weighted by Crippen LogP contribution is 2.33. The van der Waals surface area contributed by atoms with Crippen molar-refractivity contribution in [2.45, 2.75) is 0 Å². The molecule has 0 atom stereocenters. The largest absolute Gasteiger partial charge is 0.478 e. The number of rotatable bonds is 3. The molecule has 7 nitrogen and oxygen atoms in total. The summed E-state index contributed by atoms with van der Waals surface area (Å²) < 4.78 is 14.2. The van der Waals surface area contributed by atoms with E-state index in [1.165, 1.54) is 12.1 Å². The van der Waals surface area contributed by atoms with Crippen molar-refractivity contribution in [3.8, 4) is 23.5 Å². The zero-order chi connectivity index (χ0) is 17.3. The number of carbonyl (C=O) groups is 2. The van der Waals surface area contributed by atoms with Gasteiger partial charge in [-0.25, -0.2) is 14.0 Å². The monoisotopic (exact) mass is 316 g/mol. The molecule has 0 amide bonds. The molecule has 0 aliphatic rings. The average molecular weight is 316 g/mol. The number of hydrogen-bond donors (Lipinski definition) is 4. The van der Waals surface area contributed by atoms with E-state index in [2.05, 4.69) is 5.92 Å². The highest BCUT2D eigenvalue weighted by Gasteiger charge is 2.29. The van der Waals surface area contributed by atoms with Gasteiger partial charge in [-0.3, -0.25) is 4.79 Å². The van der Waals surface area contributed by atoms with E-state index < -0.39 is 51.4 Å². The Labute approximate surface area is 128 Å². The van der Waals surface area contributed by atoms with E-state index in [9.17, 15) is 29.0 Å². The van der Waals surface area contributed by atoms with Crippen LogP contribution in [-0.4, -0.2) is 27.1 Å². The van der Waals surface area contributed by atoms with E-state index in [1.807, 2.05) is 4.98 Å². The maximum Gasteiger partial charge on any atom is 0.342 e. The van der Waals surface area contributed by atoms with Crippen LogP contribution in [0.1, 0.15) is 26.3 Å². The number of hydrogen-bond acceptors (Lipinski definition) is 4. The van der Waals surface area contributed by atoms with Gasteiger partial charge in [0.2, 0.25) is 0 Å². The van der Waals surface area contributed by atoms with Crippen LogP contribution < -0.4 is 11.3 Å². The van der Waals surface area contributed by atoms with Gasteiger partial charge in [-0.1, -0.05) is 12.0 Å². The van der Waals surface area contributed by atoms with E-state index in [4.69, 9.17) is 12.2 Å². The van der Waals surface area contributed by atoms with Gasteiger partial charge in [0.1, 0.15) is 22.8 Å². The minimum atomic E-state index is -1.74. The molecule has 2 aromatic rings. The Balaban J connectivity index is 3.15. The fourth-order valence-electron chi connectivity index (χ4n) is 2.20. The minimum absolute atomic E-state index is 0.111. The maximum absolute atomic E-state index is 14.2. The molecule has 0 saturated heterocycles. The number of carboxylic acids is 2. The molecular weight excluding hydrogens is 307 g/mol. The first kappa shape index (κ1) is 15.8. The molecule has 0 bridgehead atoms. The molecule has 1 heterocycles. The van der Waals surface area contributed by atoms with Crippen molar-refractivity contribution in [1.29, 1.82) is 0 Å². The van der Waals surface area contributed by atoms with E-state index in [0.29, 0.717) is 0 Å². The standard InChI is InChI=1S/C15H9FN2O5/c1-2-6-4-3-5-7(16)8(6)9-10(14(20)21)12(17)18-13(19)11(9)15(22)23/h1,3-5H,(H,20,21)(H,22,23)(H3,17,18,19). The number of H-pyrrole nitrogens is 1. The van der Waals surface area contributed by atoms with Gasteiger partial charge >= 0.3 is 11.9 Å². The summed E-state index contributed by atoms with van der Waals surface area (Å²) in [5, 5.41) is 18.5. The van der Waals surface area contributed by atoms with Crippen LogP contribution in [0.25, 0.3) is 11.1 Å². The van der Waals surface area contributed by atoms with Gasteiger partial charge in [0.05, 0.1) is 0 Å². The lowest BCUT2D eigenvalue weighted by Crippen LogP contribution is -2.24. The molecule has 0 radical (unpaired) electrons. The predicted molar refractivity (Wildman–Crippen MR) is 78.7 cm³/mol. The number of carboxylic acid groups (broad SMARTS) is 2. The summed E-state index contributed by atoms with van der Waals surface area (Å²) in [4.78, 5) is 36.6. The van der Waals surface area contributed by atoms with Gasteiger partial charge in [0.15, 0.2) is 0 Å². The molecule has 23 heavy (non-hydrogen) atoms. The maximum atomic E-state index is 14.2. The SMILES string of the molecule is C#Cc1cccc(F)c1-c1c(C(=O)O)c(N)[nH]c(=O)c1C(=O)O. The molecule has 0 unspecified atom stereocenters. The van der Waals surface area contributed by atoms with Crippen molar-refractivity contribution >= 4 is 17.8 Å². The number of aromatic carboxylic acids is 2. The van der Waals surface area contributed by atoms with Crippen LogP contribution in [0.5, 0.6) is 0 Å². The first-order valence-electron chi connectivity index (χ1n) is 6.07. The summed E-state index contributed by atoms with van der Waals surface area (Å²) in [6.07, 6.45) is 5.26. The quantitative estimate of drug-likeness (QED) is 0.627. The number of aromatic nitrogens is 1.